The zero-order valence-corrected chi connectivity index (χ0v) is 18.7. The van der Waals surface area contributed by atoms with Crippen LogP contribution < -0.4 is 0 Å². The lowest BCUT2D eigenvalue weighted by Crippen LogP contribution is -2.57. The van der Waals surface area contributed by atoms with Crippen molar-refractivity contribution < 1.29 is 28.7 Å². The Balaban J connectivity index is 1.74. The largest absolute Gasteiger partial charge is 0.458 e. The number of ether oxygens (including phenoxy) is 2. The van der Waals surface area contributed by atoms with Gasteiger partial charge in [0.15, 0.2) is 18.0 Å². The van der Waals surface area contributed by atoms with E-state index in [1.54, 1.807) is 12.2 Å². The predicted octanol–water partition coefficient (Wildman–Crippen LogP) is 3.65. The quantitative estimate of drug-likeness (QED) is 0.504. The molecule has 4 aliphatic rings. The second-order valence-electron chi connectivity index (χ2n) is 9.80. The number of allylic oxidation sites excluding steroid dienone is 6. The summed E-state index contributed by atoms with van der Waals surface area (Å²) in [5.41, 5.74) is 0.322. The minimum absolute atomic E-state index is 0.0398. The molecule has 0 aromatic heterocycles. The van der Waals surface area contributed by atoms with Gasteiger partial charge in [0.2, 0.25) is 5.78 Å². The summed E-state index contributed by atoms with van der Waals surface area (Å²) in [6, 6.07) is 0. The number of hydrogen-bond acceptors (Lipinski definition) is 6. The molecular weight excluding hydrogens is 396 g/mol. The fraction of sp³-hybridized carbons (Fsp3) is 0.600. The Kier molecular flexibility index (Phi) is 5.10. The van der Waals surface area contributed by atoms with Gasteiger partial charge in [-0.1, -0.05) is 30.2 Å². The van der Waals surface area contributed by atoms with Crippen LogP contribution in [-0.2, 0) is 28.7 Å². The molecular formula is C25H30O6. The van der Waals surface area contributed by atoms with Gasteiger partial charge in [-0.2, -0.15) is 0 Å². The molecule has 4 rings (SSSR count). The Labute approximate surface area is 182 Å². The zero-order chi connectivity index (χ0) is 22.6. The van der Waals surface area contributed by atoms with Gasteiger partial charge in [-0.25, -0.2) is 0 Å². The van der Waals surface area contributed by atoms with E-state index in [0.29, 0.717) is 12.8 Å². The molecule has 0 aromatic rings. The maximum Gasteiger partial charge on any atom is 0.303 e. The summed E-state index contributed by atoms with van der Waals surface area (Å²) in [5, 5.41) is 0. The summed E-state index contributed by atoms with van der Waals surface area (Å²) in [7, 11) is 0. The van der Waals surface area contributed by atoms with Crippen LogP contribution in [0.25, 0.3) is 0 Å². The Morgan fingerprint density at radius 3 is 2.55 bits per heavy atom. The van der Waals surface area contributed by atoms with Gasteiger partial charge in [0, 0.05) is 24.7 Å². The van der Waals surface area contributed by atoms with Crippen LogP contribution in [-0.4, -0.2) is 35.7 Å². The zero-order valence-electron chi connectivity index (χ0n) is 18.7. The SMILES string of the molecule is CC(=O)OCC(=O)[C@@]1(OC(C)=O)CC[C@H]2[C@@H]3CCC4=CC(=O)C=C[C@]4(C)C3=CC[C@@]21C. The van der Waals surface area contributed by atoms with E-state index in [9.17, 15) is 19.2 Å². The van der Waals surface area contributed by atoms with Crippen molar-refractivity contribution in [3.63, 3.8) is 0 Å². The molecule has 0 radical (unpaired) electrons. The van der Waals surface area contributed by atoms with Gasteiger partial charge in [0.05, 0.1) is 0 Å². The number of fused-ring (bicyclic) bond motifs is 5. The first kappa shape index (κ1) is 21.7. The fourth-order valence-corrected chi connectivity index (χ4v) is 6.73. The minimum Gasteiger partial charge on any atom is -0.458 e. The Morgan fingerprint density at radius 2 is 1.87 bits per heavy atom. The van der Waals surface area contributed by atoms with E-state index in [-0.39, 0.29) is 35.4 Å². The lowest BCUT2D eigenvalue weighted by Gasteiger charge is -2.54. The molecule has 0 unspecified atom stereocenters. The average molecular weight is 427 g/mol. The van der Waals surface area contributed by atoms with E-state index in [0.717, 1.165) is 24.8 Å². The average Bonchev–Trinajstić information content (AvgIpc) is 2.99. The summed E-state index contributed by atoms with van der Waals surface area (Å²) < 4.78 is 10.8. The lowest BCUT2D eigenvalue weighted by molar-refractivity contribution is -0.184. The maximum absolute atomic E-state index is 13.3. The summed E-state index contributed by atoms with van der Waals surface area (Å²) >= 11 is 0. The summed E-state index contributed by atoms with van der Waals surface area (Å²) in [6.07, 6.45) is 11.2. The molecule has 5 atom stereocenters. The molecule has 31 heavy (non-hydrogen) atoms. The van der Waals surface area contributed by atoms with Gasteiger partial charge in [0.1, 0.15) is 0 Å². The van der Waals surface area contributed by atoms with Crippen LogP contribution in [0.4, 0.5) is 0 Å². The molecule has 0 spiro atoms. The summed E-state index contributed by atoms with van der Waals surface area (Å²) in [4.78, 5) is 48.6. The molecule has 0 heterocycles. The van der Waals surface area contributed by atoms with Crippen LogP contribution in [0.5, 0.6) is 0 Å². The number of carbonyl (C=O) groups excluding carboxylic acids is 4. The van der Waals surface area contributed by atoms with Crippen molar-refractivity contribution in [2.24, 2.45) is 22.7 Å². The number of carbonyl (C=O) groups is 4. The number of hydrogen-bond donors (Lipinski definition) is 0. The van der Waals surface area contributed by atoms with Crippen LogP contribution >= 0.6 is 0 Å². The molecule has 0 amide bonds. The molecule has 0 N–H and O–H groups in total. The van der Waals surface area contributed by atoms with Gasteiger partial charge >= 0.3 is 11.9 Å². The minimum atomic E-state index is -1.30. The fourth-order valence-electron chi connectivity index (χ4n) is 6.73. The highest BCUT2D eigenvalue weighted by Crippen LogP contribution is 2.66. The highest BCUT2D eigenvalue weighted by atomic mass is 16.6. The molecule has 6 heteroatoms. The number of Topliss-reactive ketones (excluding diaryl/α,β-unsaturated/α-hetero) is 1. The van der Waals surface area contributed by atoms with E-state index >= 15 is 0 Å². The predicted molar refractivity (Wildman–Crippen MR) is 113 cm³/mol. The van der Waals surface area contributed by atoms with Crippen molar-refractivity contribution >= 4 is 23.5 Å². The maximum atomic E-state index is 13.3. The van der Waals surface area contributed by atoms with Crippen LogP contribution in [0.3, 0.4) is 0 Å². The monoisotopic (exact) mass is 426 g/mol. The van der Waals surface area contributed by atoms with E-state index in [1.807, 2.05) is 13.0 Å². The summed E-state index contributed by atoms with van der Waals surface area (Å²) in [6.45, 7) is 6.41. The van der Waals surface area contributed by atoms with Crippen molar-refractivity contribution in [3.05, 3.63) is 35.5 Å². The number of ketones is 2. The van der Waals surface area contributed by atoms with Crippen LogP contribution in [0, 0.1) is 22.7 Å². The van der Waals surface area contributed by atoms with Crippen LogP contribution in [0.15, 0.2) is 35.5 Å². The third-order valence-electron chi connectivity index (χ3n) is 8.24. The Hall–Kier alpha value is -2.50. The van der Waals surface area contributed by atoms with E-state index in [1.165, 1.54) is 19.4 Å². The molecule has 166 valence electrons. The molecule has 4 aliphatic carbocycles. The number of rotatable bonds is 4. The van der Waals surface area contributed by atoms with Gasteiger partial charge in [0.25, 0.3) is 0 Å². The molecule has 0 aliphatic heterocycles. The smallest absolute Gasteiger partial charge is 0.303 e. The molecule has 2 saturated carbocycles. The van der Waals surface area contributed by atoms with Crippen molar-refractivity contribution in [3.8, 4) is 0 Å². The van der Waals surface area contributed by atoms with Crippen LogP contribution in [0.2, 0.25) is 0 Å². The van der Waals surface area contributed by atoms with Gasteiger partial charge < -0.3 is 9.47 Å². The van der Waals surface area contributed by atoms with Crippen molar-refractivity contribution in [2.75, 3.05) is 6.61 Å². The first-order chi connectivity index (χ1) is 14.5. The first-order valence-corrected chi connectivity index (χ1v) is 11.0. The second kappa shape index (κ2) is 7.28. The molecule has 0 bridgehead atoms. The van der Waals surface area contributed by atoms with Crippen molar-refractivity contribution in [1.82, 2.24) is 0 Å². The highest BCUT2D eigenvalue weighted by molar-refractivity contribution is 6.01. The first-order valence-electron chi connectivity index (χ1n) is 11.0. The third kappa shape index (κ3) is 3.14. The van der Waals surface area contributed by atoms with E-state index < -0.39 is 23.0 Å². The van der Waals surface area contributed by atoms with Gasteiger partial charge in [-0.05, 0) is 63.0 Å². The normalized spacial score (nSPS) is 38.3. The highest BCUT2D eigenvalue weighted by Gasteiger charge is 2.67. The van der Waals surface area contributed by atoms with Crippen molar-refractivity contribution in [1.29, 1.82) is 0 Å². The molecule has 0 saturated heterocycles. The topological polar surface area (TPSA) is 86.7 Å². The van der Waals surface area contributed by atoms with E-state index in [2.05, 4.69) is 13.0 Å². The molecule has 6 nitrogen and oxygen atoms in total. The van der Waals surface area contributed by atoms with E-state index in [4.69, 9.17) is 9.47 Å². The van der Waals surface area contributed by atoms with Gasteiger partial charge in [-0.15, -0.1) is 0 Å². The standard InChI is InChI=1S/C25H30O6/c1-15(26)30-14-22(29)25(31-16(2)27)12-9-21-19-6-5-17-13-18(28)7-10-23(17,3)20(19)8-11-24(21,25)4/h7-8,10,13,19,21H,5-6,9,11-12,14H2,1-4H3/t19-,21+,23+,24+,25+/m1/s1. The van der Waals surface area contributed by atoms with Crippen molar-refractivity contribution in [2.45, 2.75) is 65.4 Å². The Bertz CT molecular complexity index is 955. The third-order valence-corrected chi connectivity index (χ3v) is 8.24. The number of esters is 2. The lowest BCUT2D eigenvalue weighted by atomic mass is 9.51. The Morgan fingerprint density at radius 1 is 1.13 bits per heavy atom. The van der Waals surface area contributed by atoms with Crippen LogP contribution in [0.1, 0.15) is 59.8 Å². The van der Waals surface area contributed by atoms with Gasteiger partial charge in [-0.3, -0.25) is 19.2 Å². The molecule has 2 fully saturated rings. The second-order valence-corrected chi connectivity index (χ2v) is 9.80. The summed E-state index contributed by atoms with van der Waals surface area (Å²) in [5.74, 6) is -0.920. The molecule has 0 aromatic carbocycles.